The molecule has 126 valence electrons. The predicted molar refractivity (Wildman–Crippen MR) is 91.0 cm³/mol. The number of aryl methyl sites for hydroxylation is 1. The van der Waals surface area contributed by atoms with Gasteiger partial charge in [-0.2, -0.15) is 0 Å². The van der Waals surface area contributed by atoms with E-state index in [4.69, 9.17) is 4.74 Å². The van der Waals surface area contributed by atoms with E-state index in [1.165, 1.54) is 7.11 Å². The molecule has 7 nitrogen and oxygen atoms in total. The van der Waals surface area contributed by atoms with E-state index in [1.54, 1.807) is 22.8 Å². The number of fused-ring (bicyclic) bond motifs is 1. The fourth-order valence-corrected chi connectivity index (χ4v) is 4.60. The summed E-state index contributed by atoms with van der Waals surface area (Å²) in [5.74, 6) is -0.115. The van der Waals surface area contributed by atoms with Crippen LogP contribution in [0.15, 0.2) is 18.5 Å². The van der Waals surface area contributed by atoms with Crippen LogP contribution in [0.4, 0.5) is 5.69 Å². The van der Waals surface area contributed by atoms with Crippen molar-refractivity contribution in [2.24, 2.45) is 0 Å². The molecule has 2 N–H and O–H groups in total. The van der Waals surface area contributed by atoms with Crippen LogP contribution in [0, 0.1) is 0 Å². The van der Waals surface area contributed by atoms with Gasteiger partial charge >= 0.3 is 5.97 Å². The molecule has 1 aromatic carbocycles. The lowest BCUT2D eigenvalue weighted by Crippen LogP contribution is -2.34. The van der Waals surface area contributed by atoms with Gasteiger partial charge in [0.1, 0.15) is 5.52 Å². The predicted octanol–water partition coefficient (Wildman–Crippen LogP) is 3.11. The molecular formula is C15H21N3O4S. The van der Waals surface area contributed by atoms with E-state index in [1.807, 2.05) is 11.5 Å². The average molecular weight is 339 g/mol. The van der Waals surface area contributed by atoms with Gasteiger partial charge in [0.25, 0.3) is 0 Å². The number of esters is 1. The zero-order valence-corrected chi connectivity index (χ0v) is 14.0. The van der Waals surface area contributed by atoms with Gasteiger partial charge < -0.3 is 9.30 Å². The molecule has 1 aromatic heterocycles. The van der Waals surface area contributed by atoms with Gasteiger partial charge in [-0.05, 0) is 31.9 Å². The molecule has 0 radical (unpaired) electrons. The first-order chi connectivity index (χ1) is 11.0. The lowest BCUT2D eigenvalue weighted by Gasteiger charge is -2.47. The summed E-state index contributed by atoms with van der Waals surface area (Å²) in [5.41, 5.74) is 2.41. The Morgan fingerprint density at radius 3 is 2.83 bits per heavy atom. The number of carbonyl (C=O) groups is 1. The van der Waals surface area contributed by atoms with Crippen LogP contribution in [0.1, 0.15) is 30.1 Å². The summed E-state index contributed by atoms with van der Waals surface area (Å²) in [4.78, 5) is 16.4. The quantitative estimate of drug-likeness (QED) is 0.836. The number of imidazole rings is 1. The maximum Gasteiger partial charge on any atom is 0.338 e. The van der Waals surface area contributed by atoms with Crippen molar-refractivity contribution in [2.75, 3.05) is 23.7 Å². The van der Waals surface area contributed by atoms with Crippen LogP contribution in [0.3, 0.4) is 0 Å². The Morgan fingerprint density at radius 2 is 2.17 bits per heavy atom. The second-order valence-corrected chi connectivity index (χ2v) is 7.64. The van der Waals surface area contributed by atoms with Crippen molar-refractivity contribution in [3.8, 4) is 0 Å². The van der Waals surface area contributed by atoms with E-state index in [0.29, 0.717) is 35.6 Å². The third kappa shape index (κ3) is 2.77. The smallest absolute Gasteiger partial charge is 0.338 e. The van der Waals surface area contributed by atoms with Crippen molar-refractivity contribution < 1.29 is 18.6 Å². The largest absolute Gasteiger partial charge is 0.465 e. The Labute approximate surface area is 136 Å². The highest BCUT2D eigenvalue weighted by Crippen LogP contribution is 2.51. The van der Waals surface area contributed by atoms with Crippen LogP contribution in [-0.4, -0.2) is 44.0 Å². The lowest BCUT2D eigenvalue weighted by molar-refractivity contribution is 0.0601. The molecule has 2 aromatic rings. The highest BCUT2D eigenvalue weighted by atomic mass is 32.3. The Balaban J connectivity index is 2.21. The Kier molecular flexibility index (Phi) is 4.22. The van der Waals surface area contributed by atoms with E-state index in [0.717, 1.165) is 18.4 Å². The number of nitrogens with zero attached hydrogens (tertiary/aromatic N) is 3. The van der Waals surface area contributed by atoms with Crippen LogP contribution in [0.2, 0.25) is 0 Å². The first-order valence-corrected chi connectivity index (χ1v) is 9.26. The van der Waals surface area contributed by atoms with Crippen molar-refractivity contribution in [3.63, 3.8) is 0 Å². The molecule has 0 bridgehead atoms. The standard InChI is InChI=1S/C15H21N3O4S/c1-3-17-10-16-14-12(17)8-11(15(19)22-2)9-13(14)18-6-4-5-7-23(18,20)21/h8-10,20-21H,3-7H2,1-2H3. The molecule has 0 amide bonds. The van der Waals surface area contributed by atoms with Crippen LogP contribution in [-0.2, 0) is 11.3 Å². The van der Waals surface area contributed by atoms with Crippen LogP contribution < -0.4 is 4.31 Å². The molecule has 1 fully saturated rings. The van der Waals surface area contributed by atoms with E-state index in [9.17, 15) is 13.9 Å². The Morgan fingerprint density at radius 1 is 1.39 bits per heavy atom. The van der Waals surface area contributed by atoms with Gasteiger partial charge in [-0.15, -0.1) is 10.8 Å². The number of anilines is 1. The molecule has 0 atom stereocenters. The van der Waals surface area contributed by atoms with E-state index in [-0.39, 0.29) is 0 Å². The van der Waals surface area contributed by atoms with Crippen molar-refractivity contribution in [2.45, 2.75) is 26.3 Å². The molecule has 1 aliphatic rings. The number of hydrogen-bond acceptors (Lipinski definition) is 6. The van der Waals surface area contributed by atoms with Crippen molar-refractivity contribution >= 4 is 33.5 Å². The molecule has 0 unspecified atom stereocenters. The second kappa shape index (κ2) is 6.03. The molecule has 1 aliphatic heterocycles. The number of ether oxygens (including phenoxy) is 1. The lowest BCUT2D eigenvalue weighted by atomic mass is 10.1. The van der Waals surface area contributed by atoms with Crippen LogP contribution in [0.25, 0.3) is 11.0 Å². The zero-order valence-electron chi connectivity index (χ0n) is 13.2. The minimum atomic E-state index is -2.88. The first-order valence-electron chi connectivity index (χ1n) is 7.58. The summed E-state index contributed by atoms with van der Waals surface area (Å²) in [5, 5.41) is 0. The van der Waals surface area contributed by atoms with Gasteiger partial charge in [0.15, 0.2) is 0 Å². The van der Waals surface area contributed by atoms with E-state index in [2.05, 4.69) is 4.98 Å². The number of carbonyl (C=O) groups excluding carboxylic acids is 1. The highest BCUT2D eigenvalue weighted by molar-refractivity contribution is 8.25. The number of hydrogen-bond donors (Lipinski definition) is 2. The summed E-state index contributed by atoms with van der Waals surface area (Å²) < 4.78 is 29.2. The fourth-order valence-electron chi connectivity index (χ4n) is 2.91. The summed E-state index contributed by atoms with van der Waals surface area (Å²) >= 11 is 0. The molecule has 8 heteroatoms. The minimum absolute atomic E-state index is 0.339. The number of methoxy groups -OCH3 is 1. The van der Waals surface area contributed by atoms with Gasteiger partial charge in [-0.1, -0.05) is 0 Å². The second-order valence-electron chi connectivity index (χ2n) is 5.53. The molecule has 0 saturated carbocycles. The van der Waals surface area contributed by atoms with Gasteiger partial charge in [0.2, 0.25) is 0 Å². The number of rotatable bonds is 3. The summed E-state index contributed by atoms with van der Waals surface area (Å²) in [6.07, 6.45) is 3.35. The monoisotopic (exact) mass is 339 g/mol. The van der Waals surface area contributed by atoms with Crippen LogP contribution >= 0.6 is 10.8 Å². The first kappa shape index (κ1) is 16.1. The molecule has 0 spiro atoms. The van der Waals surface area contributed by atoms with Gasteiger partial charge in [0.05, 0.1) is 36.0 Å². The number of benzene rings is 1. The van der Waals surface area contributed by atoms with Crippen molar-refractivity contribution in [3.05, 3.63) is 24.0 Å². The van der Waals surface area contributed by atoms with E-state index < -0.39 is 16.7 Å². The number of aromatic nitrogens is 2. The molecule has 3 rings (SSSR count). The van der Waals surface area contributed by atoms with Gasteiger partial charge in [-0.3, -0.25) is 13.4 Å². The molecular weight excluding hydrogens is 318 g/mol. The van der Waals surface area contributed by atoms with Crippen LogP contribution in [0.5, 0.6) is 0 Å². The Hall–Kier alpha value is -1.77. The molecule has 2 heterocycles. The summed E-state index contributed by atoms with van der Waals surface area (Å²) in [6.45, 7) is 3.22. The molecule has 23 heavy (non-hydrogen) atoms. The molecule has 0 aliphatic carbocycles. The summed E-state index contributed by atoms with van der Waals surface area (Å²) in [6, 6.07) is 3.37. The summed E-state index contributed by atoms with van der Waals surface area (Å²) in [7, 11) is -1.55. The fraction of sp³-hybridized carbons (Fsp3) is 0.467. The zero-order chi connectivity index (χ0) is 16.6. The molecule has 1 saturated heterocycles. The SMILES string of the molecule is CCn1cnc2c(N3CCCCS3(O)O)cc(C(=O)OC)cc21. The third-order valence-corrected chi connectivity index (χ3v) is 6.04. The van der Waals surface area contributed by atoms with Crippen molar-refractivity contribution in [1.82, 2.24) is 9.55 Å². The average Bonchev–Trinajstić information content (AvgIpc) is 2.96. The Bertz CT molecular complexity index is 744. The maximum atomic E-state index is 12.0. The third-order valence-electron chi connectivity index (χ3n) is 4.12. The van der Waals surface area contributed by atoms with E-state index >= 15 is 0 Å². The minimum Gasteiger partial charge on any atom is -0.465 e. The van der Waals surface area contributed by atoms with Gasteiger partial charge in [-0.25, -0.2) is 9.78 Å². The highest BCUT2D eigenvalue weighted by Gasteiger charge is 2.29. The van der Waals surface area contributed by atoms with Gasteiger partial charge in [0, 0.05) is 13.1 Å². The van der Waals surface area contributed by atoms with Crippen molar-refractivity contribution in [1.29, 1.82) is 0 Å². The maximum absolute atomic E-state index is 12.0. The normalized spacial score (nSPS) is 18.9. The topological polar surface area (TPSA) is 87.8 Å².